The summed E-state index contributed by atoms with van der Waals surface area (Å²) in [5.41, 5.74) is 8.58. The molecule has 0 aliphatic carbocycles. The molecule has 0 radical (unpaired) electrons. The Morgan fingerprint density at radius 3 is 2.94 bits per heavy atom. The molecule has 2 atom stereocenters. The largest absolute Gasteiger partial charge is 0.399 e. The lowest BCUT2D eigenvalue weighted by atomic mass is 9.89. The van der Waals surface area contributed by atoms with Gasteiger partial charge in [0.05, 0.1) is 11.0 Å². The van der Waals surface area contributed by atoms with E-state index in [0.29, 0.717) is 0 Å². The lowest BCUT2D eigenvalue weighted by molar-refractivity contribution is 0.322. The van der Waals surface area contributed by atoms with Crippen LogP contribution in [0.15, 0.2) is 18.2 Å². The molecule has 2 aromatic rings. The van der Waals surface area contributed by atoms with E-state index in [1.165, 1.54) is 6.42 Å². The van der Waals surface area contributed by atoms with Crippen molar-refractivity contribution in [1.29, 1.82) is 0 Å². The van der Waals surface area contributed by atoms with E-state index in [9.17, 15) is 0 Å². The number of rotatable bonds is 1. The highest BCUT2D eigenvalue weighted by atomic mass is 15.3. The fourth-order valence-electron chi connectivity index (χ4n) is 2.62. The Bertz CT molecular complexity index is 560. The summed E-state index contributed by atoms with van der Waals surface area (Å²) in [4.78, 5) is 10.4. The second-order valence-corrected chi connectivity index (χ2v) is 5.53. The summed E-state index contributed by atoms with van der Waals surface area (Å²) in [5.74, 6) is 2.51. The van der Waals surface area contributed by atoms with Gasteiger partial charge >= 0.3 is 0 Å². The minimum absolute atomic E-state index is 0.719. The molecule has 1 aromatic heterocycles. The zero-order valence-corrected chi connectivity index (χ0v) is 11.0. The molecule has 1 aliphatic heterocycles. The van der Waals surface area contributed by atoms with Crippen LogP contribution in [0.25, 0.3) is 11.0 Å². The number of aromatic nitrogens is 2. The lowest BCUT2D eigenvalue weighted by Crippen LogP contribution is -2.38. The van der Waals surface area contributed by atoms with E-state index in [2.05, 4.69) is 28.7 Å². The number of nitrogens with zero attached hydrogens (tertiary/aromatic N) is 2. The van der Waals surface area contributed by atoms with Gasteiger partial charge in [0, 0.05) is 18.8 Å². The number of nitrogens with two attached hydrogens (primary N) is 1. The number of benzene rings is 1. The lowest BCUT2D eigenvalue weighted by Gasteiger charge is -2.35. The Morgan fingerprint density at radius 1 is 1.33 bits per heavy atom. The zero-order valence-electron chi connectivity index (χ0n) is 11.0. The van der Waals surface area contributed by atoms with Gasteiger partial charge in [-0.1, -0.05) is 13.8 Å². The predicted molar refractivity (Wildman–Crippen MR) is 75.7 cm³/mol. The summed E-state index contributed by atoms with van der Waals surface area (Å²) in [7, 11) is 0. The van der Waals surface area contributed by atoms with Gasteiger partial charge in [-0.25, -0.2) is 4.98 Å². The third-order valence-electron chi connectivity index (χ3n) is 4.13. The molecule has 18 heavy (non-hydrogen) atoms. The van der Waals surface area contributed by atoms with Crippen LogP contribution >= 0.6 is 0 Å². The van der Waals surface area contributed by atoms with Crippen molar-refractivity contribution in [3.05, 3.63) is 18.2 Å². The van der Waals surface area contributed by atoms with E-state index in [4.69, 9.17) is 5.73 Å². The van der Waals surface area contributed by atoms with Gasteiger partial charge in [-0.05, 0) is 36.5 Å². The number of anilines is 2. The standard InChI is InChI=1S/C14H20N4/c1-9-5-6-18(8-10(9)2)14-16-12-4-3-11(15)7-13(12)17-14/h3-4,7,9-10H,5-6,8,15H2,1-2H3,(H,16,17). The second kappa shape index (κ2) is 4.19. The van der Waals surface area contributed by atoms with Crippen LogP contribution in [0.1, 0.15) is 20.3 Å². The van der Waals surface area contributed by atoms with Gasteiger partial charge in [0.15, 0.2) is 0 Å². The topological polar surface area (TPSA) is 57.9 Å². The predicted octanol–water partition coefficient (Wildman–Crippen LogP) is 2.63. The second-order valence-electron chi connectivity index (χ2n) is 5.53. The van der Waals surface area contributed by atoms with Crippen molar-refractivity contribution in [3.63, 3.8) is 0 Å². The van der Waals surface area contributed by atoms with Gasteiger partial charge in [0.2, 0.25) is 5.95 Å². The normalized spacial score (nSPS) is 24.7. The first kappa shape index (κ1) is 11.4. The summed E-state index contributed by atoms with van der Waals surface area (Å²) in [6.07, 6.45) is 1.24. The molecule has 4 nitrogen and oxygen atoms in total. The third kappa shape index (κ3) is 1.92. The summed E-state index contributed by atoms with van der Waals surface area (Å²) in [6, 6.07) is 5.82. The van der Waals surface area contributed by atoms with Crippen LogP contribution < -0.4 is 10.6 Å². The van der Waals surface area contributed by atoms with Crippen LogP contribution in [0, 0.1) is 11.8 Å². The number of hydrogen-bond donors (Lipinski definition) is 2. The minimum atomic E-state index is 0.719. The zero-order chi connectivity index (χ0) is 12.7. The van der Waals surface area contributed by atoms with Gasteiger partial charge in [0.25, 0.3) is 0 Å². The summed E-state index contributed by atoms with van der Waals surface area (Å²) < 4.78 is 0. The van der Waals surface area contributed by atoms with Crippen LogP contribution in [-0.4, -0.2) is 23.1 Å². The maximum Gasteiger partial charge on any atom is 0.203 e. The van der Waals surface area contributed by atoms with Crippen molar-refractivity contribution in [2.24, 2.45) is 11.8 Å². The fourth-order valence-corrected chi connectivity index (χ4v) is 2.62. The van der Waals surface area contributed by atoms with Crippen molar-refractivity contribution in [2.75, 3.05) is 23.7 Å². The van der Waals surface area contributed by atoms with E-state index < -0.39 is 0 Å². The Morgan fingerprint density at radius 2 is 2.17 bits per heavy atom. The summed E-state index contributed by atoms with van der Waals surface area (Å²) >= 11 is 0. The molecule has 0 spiro atoms. The molecule has 1 aliphatic rings. The molecular formula is C14H20N4. The SMILES string of the molecule is CC1CCN(c2nc3ccc(N)cc3[nH]2)CC1C. The molecule has 3 rings (SSSR count). The fraction of sp³-hybridized carbons (Fsp3) is 0.500. The number of imidazole rings is 1. The molecule has 2 heterocycles. The molecule has 3 N–H and O–H groups in total. The van der Waals surface area contributed by atoms with Crippen molar-refractivity contribution < 1.29 is 0 Å². The average Bonchev–Trinajstić information content (AvgIpc) is 2.75. The number of nitrogen functional groups attached to an aromatic ring is 1. The first-order valence-corrected chi connectivity index (χ1v) is 6.63. The van der Waals surface area contributed by atoms with E-state index in [-0.39, 0.29) is 0 Å². The highest BCUT2D eigenvalue weighted by molar-refractivity contribution is 5.80. The molecule has 4 heteroatoms. The Kier molecular flexibility index (Phi) is 2.65. The highest BCUT2D eigenvalue weighted by Crippen LogP contribution is 2.27. The number of piperidine rings is 1. The average molecular weight is 244 g/mol. The summed E-state index contributed by atoms with van der Waals surface area (Å²) in [6.45, 7) is 6.82. The number of nitrogens with one attached hydrogen (secondary N) is 1. The van der Waals surface area contributed by atoms with Crippen molar-refractivity contribution in [3.8, 4) is 0 Å². The molecule has 0 bridgehead atoms. The van der Waals surface area contributed by atoms with E-state index in [1.807, 2.05) is 18.2 Å². The quantitative estimate of drug-likeness (QED) is 0.758. The monoisotopic (exact) mass is 244 g/mol. The van der Waals surface area contributed by atoms with E-state index in [1.54, 1.807) is 0 Å². The molecule has 1 aromatic carbocycles. The third-order valence-corrected chi connectivity index (χ3v) is 4.13. The Hall–Kier alpha value is -1.71. The Labute approximate surface area is 107 Å². The Balaban J connectivity index is 1.90. The number of H-pyrrole nitrogens is 1. The molecular weight excluding hydrogens is 224 g/mol. The highest BCUT2D eigenvalue weighted by Gasteiger charge is 2.24. The number of fused-ring (bicyclic) bond motifs is 1. The molecule has 0 amide bonds. The molecule has 0 saturated carbocycles. The van der Waals surface area contributed by atoms with Gasteiger partial charge in [-0.3, -0.25) is 0 Å². The van der Waals surface area contributed by atoms with Gasteiger partial charge < -0.3 is 15.6 Å². The maximum absolute atomic E-state index is 5.79. The first-order chi connectivity index (χ1) is 8.63. The van der Waals surface area contributed by atoms with Crippen LogP contribution in [0.2, 0.25) is 0 Å². The first-order valence-electron chi connectivity index (χ1n) is 6.63. The van der Waals surface area contributed by atoms with E-state index in [0.717, 1.165) is 47.6 Å². The molecule has 1 saturated heterocycles. The maximum atomic E-state index is 5.79. The van der Waals surface area contributed by atoms with Crippen LogP contribution in [0.4, 0.5) is 11.6 Å². The van der Waals surface area contributed by atoms with Crippen LogP contribution in [0.3, 0.4) is 0 Å². The molecule has 2 unspecified atom stereocenters. The van der Waals surface area contributed by atoms with Crippen LogP contribution in [0.5, 0.6) is 0 Å². The van der Waals surface area contributed by atoms with Gasteiger partial charge in [0.1, 0.15) is 0 Å². The smallest absolute Gasteiger partial charge is 0.203 e. The molecule has 1 fully saturated rings. The molecule has 96 valence electrons. The van der Waals surface area contributed by atoms with Crippen LogP contribution in [-0.2, 0) is 0 Å². The minimum Gasteiger partial charge on any atom is -0.399 e. The van der Waals surface area contributed by atoms with Crippen molar-refractivity contribution >= 4 is 22.7 Å². The van der Waals surface area contributed by atoms with Gasteiger partial charge in [-0.15, -0.1) is 0 Å². The van der Waals surface area contributed by atoms with E-state index >= 15 is 0 Å². The number of hydrogen-bond acceptors (Lipinski definition) is 3. The number of aromatic amines is 1. The van der Waals surface area contributed by atoms with Gasteiger partial charge in [-0.2, -0.15) is 0 Å². The summed E-state index contributed by atoms with van der Waals surface area (Å²) in [5, 5.41) is 0. The van der Waals surface area contributed by atoms with Crippen molar-refractivity contribution in [2.45, 2.75) is 20.3 Å². The van der Waals surface area contributed by atoms with Crippen molar-refractivity contribution in [1.82, 2.24) is 9.97 Å².